The molecule has 1 heterocycles. The Bertz CT molecular complexity index is 514. The molecule has 0 aliphatic heterocycles. The first-order valence-corrected chi connectivity index (χ1v) is 4.18. The average Bonchev–Trinajstić information content (AvgIpc) is 2.02. The van der Waals surface area contributed by atoms with E-state index >= 15 is 0 Å². The topological polar surface area (TPSA) is 30.2 Å². The summed E-state index contributed by atoms with van der Waals surface area (Å²) < 4.78 is 5.07. The van der Waals surface area contributed by atoms with E-state index in [1.807, 2.05) is 32.0 Å². The second kappa shape index (κ2) is 2.73. The summed E-state index contributed by atoms with van der Waals surface area (Å²) in [6, 6.07) is 7.37. The lowest BCUT2D eigenvalue weighted by Crippen LogP contribution is -1.97. The first kappa shape index (κ1) is 8.05. The fraction of sp³-hybridized carbons (Fsp3) is 0.182. The van der Waals surface area contributed by atoms with E-state index in [4.69, 9.17) is 4.42 Å². The van der Waals surface area contributed by atoms with Crippen molar-refractivity contribution < 1.29 is 5.84 Å². The molecule has 0 radical (unpaired) electrons. The molecule has 1 aromatic carbocycles. The van der Waals surface area contributed by atoms with Crippen LogP contribution in [-0.2, 0) is 0 Å². The molecular weight excluding hydrogens is 164 g/mol. The number of rotatable bonds is 0. The van der Waals surface area contributed by atoms with E-state index in [1.165, 1.54) is 6.07 Å². The highest BCUT2D eigenvalue weighted by atomic mass is 16.4. The van der Waals surface area contributed by atoms with Crippen LogP contribution in [0.4, 0.5) is 0 Å². The van der Waals surface area contributed by atoms with Crippen molar-refractivity contribution >= 4 is 11.0 Å². The molecular formula is C11H12O2. The molecule has 0 atom stereocenters. The van der Waals surface area contributed by atoms with Crippen LogP contribution in [-0.4, -0.2) is 0 Å². The predicted molar refractivity (Wildman–Crippen MR) is 54.1 cm³/mol. The van der Waals surface area contributed by atoms with Gasteiger partial charge in [-0.05, 0) is 31.0 Å². The van der Waals surface area contributed by atoms with Crippen LogP contribution in [0.1, 0.15) is 12.6 Å². The van der Waals surface area contributed by atoms with Crippen molar-refractivity contribution in [3.05, 3.63) is 45.8 Å². The first-order chi connectivity index (χ1) is 6.16. The minimum atomic E-state index is -0.282. The highest BCUT2D eigenvalue weighted by Crippen LogP contribution is 2.16. The van der Waals surface area contributed by atoms with Gasteiger partial charge in [0.15, 0.2) is 0 Å². The van der Waals surface area contributed by atoms with Crippen molar-refractivity contribution in [1.82, 2.24) is 0 Å². The third-order valence-corrected chi connectivity index (χ3v) is 2.11. The Morgan fingerprint density at radius 1 is 1.23 bits per heavy atom. The monoisotopic (exact) mass is 176 g/mol. The normalized spacial score (nSPS) is 10.6. The Morgan fingerprint density at radius 2 is 2.00 bits per heavy atom. The number of fused-ring (bicyclic) bond motifs is 1. The van der Waals surface area contributed by atoms with Crippen molar-refractivity contribution in [2.75, 3.05) is 0 Å². The maximum atomic E-state index is 11.0. The summed E-state index contributed by atoms with van der Waals surface area (Å²) in [6.45, 7) is 3.89. The number of benzene rings is 1. The second-order valence-electron chi connectivity index (χ2n) is 3.25. The zero-order valence-electron chi connectivity index (χ0n) is 7.63. The lowest BCUT2D eigenvalue weighted by atomic mass is 10.1. The quantitative estimate of drug-likeness (QED) is 0.577. The molecule has 0 bridgehead atoms. The molecule has 0 spiro atoms. The Balaban J connectivity index is 0.000000980. The number of hydrogen-bond acceptors (Lipinski definition) is 2. The van der Waals surface area contributed by atoms with Crippen LogP contribution in [0.25, 0.3) is 11.0 Å². The molecule has 0 saturated carbocycles. The van der Waals surface area contributed by atoms with Crippen LogP contribution in [0.5, 0.6) is 0 Å². The van der Waals surface area contributed by atoms with Gasteiger partial charge in [0.1, 0.15) is 5.58 Å². The predicted octanol–water partition coefficient (Wildman–Crippen LogP) is 2.66. The van der Waals surface area contributed by atoms with Crippen LogP contribution in [0.3, 0.4) is 0 Å². The zero-order chi connectivity index (χ0) is 9.42. The van der Waals surface area contributed by atoms with E-state index < -0.39 is 0 Å². The second-order valence-corrected chi connectivity index (χ2v) is 3.25. The summed E-state index contributed by atoms with van der Waals surface area (Å²) in [5, 5.41) is 1.00. The van der Waals surface area contributed by atoms with Gasteiger partial charge in [0.25, 0.3) is 0 Å². The van der Waals surface area contributed by atoms with Crippen LogP contribution in [0.2, 0.25) is 0 Å². The summed E-state index contributed by atoms with van der Waals surface area (Å²) in [4.78, 5) is 11.0. The molecule has 0 N–H and O–H groups in total. The standard InChI is InChI=1S/C11H10O2.H2/c1-7-3-4-9-8(2)6-11(12)13-10(9)5-7;/h3-6H,1-2H3;1H. The minimum Gasteiger partial charge on any atom is -0.423 e. The molecule has 0 aliphatic rings. The maximum absolute atomic E-state index is 11.0. The number of hydrogen-bond donors (Lipinski definition) is 0. The third-order valence-electron chi connectivity index (χ3n) is 2.11. The molecule has 0 aliphatic carbocycles. The van der Waals surface area contributed by atoms with Gasteiger partial charge < -0.3 is 4.42 Å². The molecule has 2 aromatic rings. The highest BCUT2D eigenvalue weighted by molar-refractivity contribution is 5.80. The molecule has 2 nitrogen and oxygen atoms in total. The molecule has 0 amide bonds. The Kier molecular flexibility index (Phi) is 1.69. The lowest BCUT2D eigenvalue weighted by Gasteiger charge is -2.00. The first-order valence-electron chi connectivity index (χ1n) is 4.18. The zero-order valence-corrected chi connectivity index (χ0v) is 7.63. The maximum Gasteiger partial charge on any atom is 0.336 e. The molecule has 1 aromatic heterocycles. The SMILES string of the molecule is Cc1ccc2c(C)cc(=O)oc2c1.[HH]. The van der Waals surface area contributed by atoms with E-state index in [0.717, 1.165) is 16.5 Å². The van der Waals surface area contributed by atoms with Gasteiger partial charge in [-0.1, -0.05) is 12.1 Å². The molecule has 13 heavy (non-hydrogen) atoms. The van der Waals surface area contributed by atoms with Crippen LogP contribution < -0.4 is 5.63 Å². The molecule has 0 fully saturated rings. The van der Waals surface area contributed by atoms with Crippen molar-refractivity contribution in [3.63, 3.8) is 0 Å². The Hall–Kier alpha value is -1.57. The van der Waals surface area contributed by atoms with E-state index in [-0.39, 0.29) is 7.05 Å². The lowest BCUT2D eigenvalue weighted by molar-refractivity contribution is 0.559. The van der Waals surface area contributed by atoms with E-state index in [1.54, 1.807) is 0 Å². The van der Waals surface area contributed by atoms with Gasteiger partial charge in [-0.25, -0.2) is 4.79 Å². The van der Waals surface area contributed by atoms with Gasteiger partial charge in [-0.2, -0.15) is 0 Å². The van der Waals surface area contributed by atoms with Gasteiger partial charge in [-0.15, -0.1) is 0 Å². The van der Waals surface area contributed by atoms with Crippen molar-refractivity contribution in [1.29, 1.82) is 0 Å². The van der Waals surface area contributed by atoms with Crippen molar-refractivity contribution in [3.8, 4) is 0 Å². The highest BCUT2D eigenvalue weighted by Gasteiger charge is 2.00. The van der Waals surface area contributed by atoms with E-state index in [9.17, 15) is 4.79 Å². The van der Waals surface area contributed by atoms with Gasteiger partial charge in [0, 0.05) is 12.9 Å². The minimum absolute atomic E-state index is 0. The molecule has 0 unspecified atom stereocenters. The fourth-order valence-corrected chi connectivity index (χ4v) is 1.43. The summed E-state index contributed by atoms with van der Waals surface area (Å²) in [5.41, 5.74) is 2.45. The van der Waals surface area contributed by atoms with Gasteiger partial charge in [0.2, 0.25) is 0 Å². The van der Waals surface area contributed by atoms with Crippen molar-refractivity contribution in [2.24, 2.45) is 0 Å². The molecule has 68 valence electrons. The molecule has 2 rings (SSSR count). The van der Waals surface area contributed by atoms with Crippen LogP contribution in [0.15, 0.2) is 33.5 Å². The largest absolute Gasteiger partial charge is 0.423 e. The molecule has 2 heteroatoms. The Labute approximate surface area is 77.3 Å². The van der Waals surface area contributed by atoms with Gasteiger partial charge in [0.05, 0.1) is 0 Å². The summed E-state index contributed by atoms with van der Waals surface area (Å²) in [5.74, 6) is 0. The smallest absolute Gasteiger partial charge is 0.336 e. The van der Waals surface area contributed by atoms with Crippen LogP contribution >= 0.6 is 0 Å². The van der Waals surface area contributed by atoms with E-state index in [0.29, 0.717) is 5.58 Å². The van der Waals surface area contributed by atoms with Crippen molar-refractivity contribution in [2.45, 2.75) is 13.8 Å². The summed E-state index contributed by atoms with van der Waals surface area (Å²) in [7, 11) is 0. The summed E-state index contributed by atoms with van der Waals surface area (Å²) in [6.07, 6.45) is 0. The van der Waals surface area contributed by atoms with Crippen LogP contribution in [0, 0.1) is 13.8 Å². The summed E-state index contributed by atoms with van der Waals surface area (Å²) >= 11 is 0. The average molecular weight is 176 g/mol. The Morgan fingerprint density at radius 3 is 2.77 bits per heavy atom. The van der Waals surface area contributed by atoms with Gasteiger partial charge >= 0.3 is 5.63 Å². The van der Waals surface area contributed by atoms with E-state index in [2.05, 4.69) is 0 Å². The number of aryl methyl sites for hydroxylation is 2. The van der Waals surface area contributed by atoms with Gasteiger partial charge in [-0.3, -0.25) is 0 Å². The third kappa shape index (κ3) is 1.35. The molecule has 0 saturated heterocycles. The fourth-order valence-electron chi connectivity index (χ4n) is 1.43.